The lowest BCUT2D eigenvalue weighted by Crippen LogP contribution is -1.91. The number of imidazole rings is 1. The monoisotopic (exact) mass is 330 g/mol. The van der Waals surface area contributed by atoms with Crippen molar-refractivity contribution in [1.82, 2.24) is 9.38 Å². The van der Waals surface area contributed by atoms with E-state index in [4.69, 9.17) is 4.74 Å². The number of halogens is 1. The lowest BCUT2D eigenvalue weighted by molar-refractivity contribution is 0.112. The summed E-state index contributed by atoms with van der Waals surface area (Å²) in [7, 11) is 1.61. The minimum Gasteiger partial charge on any atom is -0.495 e. The molecule has 1 aromatic carbocycles. The molecule has 0 saturated heterocycles. The summed E-state index contributed by atoms with van der Waals surface area (Å²) in [6, 6.07) is 11.4. The van der Waals surface area contributed by atoms with Crippen molar-refractivity contribution in [2.75, 3.05) is 7.11 Å². The van der Waals surface area contributed by atoms with Gasteiger partial charge in [-0.15, -0.1) is 0 Å². The summed E-state index contributed by atoms with van der Waals surface area (Å²) in [6.45, 7) is 0. The molecule has 0 bridgehead atoms. The molecule has 0 aliphatic heterocycles. The van der Waals surface area contributed by atoms with E-state index in [9.17, 15) is 4.79 Å². The Hall–Kier alpha value is -2.14. The highest BCUT2D eigenvalue weighted by Gasteiger charge is 2.12. The third-order valence-electron chi connectivity index (χ3n) is 3.09. The molecule has 20 heavy (non-hydrogen) atoms. The molecule has 0 spiro atoms. The second kappa shape index (κ2) is 5.09. The summed E-state index contributed by atoms with van der Waals surface area (Å²) in [5, 5.41) is 0. The maximum Gasteiger partial charge on any atom is 0.170 e. The third-order valence-corrected chi connectivity index (χ3v) is 3.62. The lowest BCUT2D eigenvalue weighted by Gasteiger charge is -2.04. The quantitative estimate of drug-likeness (QED) is 0.689. The summed E-state index contributed by atoms with van der Waals surface area (Å²) >= 11 is 3.41. The van der Waals surface area contributed by atoms with E-state index in [1.165, 1.54) is 0 Å². The Bertz CT molecular complexity index is 778. The molecule has 0 N–H and O–H groups in total. The number of methoxy groups -OCH3 is 1. The number of ether oxygens (including phenoxy) is 1. The number of aromatic nitrogens is 2. The van der Waals surface area contributed by atoms with Crippen LogP contribution in [0.1, 0.15) is 10.5 Å². The molecule has 0 fully saturated rings. The van der Waals surface area contributed by atoms with Crippen LogP contribution in [0.4, 0.5) is 0 Å². The standard InChI is InChI=1S/C15H11BrN2O2/c1-20-12-6-7-14-13(9-19)17-15(18(14)8-12)10-2-4-11(16)5-3-10/h2-9H,1H3. The van der Waals surface area contributed by atoms with Crippen LogP contribution in [0.5, 0.6) is 5.75 Å². The van der Waals surface area contributed by atoms with E-state index < -0.39 is 0 Å². The molecular weight excluding hydrogens is 320 g/mol. The fourth-order valence-corrected chi connectivity index (χ4v) is 2.36. The summed E-state index contributed by atoms with van der Waals surface area (Å²) in [4.78, 5) is 15.6. The molecule has 0 radical (unpaired) electrons. The van der Waals surface area contributed by atoms with Gasteiger partial charge in [0.2, 0.25) is 0 Å². The molecule has 4 nitrogen and oxygen atoms in total. The van der Waals surface area contributed by atoms with E-state index in [0.29, 0.717) is 17.3 Å². The molecule has 0 aliphatic rings. The van der Waals surface area contributed by atoms with Gasteiger partial charge in [0.15, 0.2) is 6.29 Å². The second-order valence-electron chi connectivity index (χ2n) is 4.27. The van der Waals surface area contributed by atoms with Gasteiger partial charge in [-0.3, -0.25) is 9.20 Å². The van der Waals surface area contributed by atoms with E-state index in [1.54, 1.807) is 7.11 Å². The summed E-state index contributed by atoms with van der Waals surface area (Å²) in [5.74, 6) is 1.43. The number of fused-ring (bicyclic) bond motifs is 1. The van der Waals surface area contributed by atoms with E-state index in [1.807, 2.05) is 47.0 Å². The fourth-order valence-electron chi connectivity index (χ4n) is 2.10. The molecule has 0 unspecified atom stereocenters. The fraction of sp³-hybridized carbons (Fsp3) is 0.0667. The molecule has 3 aromatic rings. The number of hydrogen-bond acceptors (Lipinski definition) is 3. The predicted octanol–water partition coefficient (Wildman–Crippen LogP) is 3.58. The minimum atomic E-state index is 0.422. The SMILES string of the molecule is COc1ccc2c(C=O)nc(-c3ccc(Br)cc3)n2c1. The maximum atomic E-state index is 11.2. The van der Waals surface area contributed by atoms with Crippen LogP contribution in [0.15, 0.2) is 47.1 Å². The van der Waals surface area contributed by atoms with Crippen LogP contribution >= 0.6 is 15.9 Å². The molecule has 0 atom stereocenters. The van der Waals surface area contributed by atoms with Crippen LogP contribution in [0.25, 0.3) is 16.9 Å². The molecule has 0 aliphatic carbocycles. The van der Waals surface area contributed by atoms with Gasteiger partial charge in [-0.25, -0.2) is 4.98 Å². The zero-order chi connectivity index (χ0) is 14.1. The van der Waals surface area contributed by atoms with Crippen LogP contribution in [0.2, 0.25) is 0 Å². The number of aldehydes is 1. The van der Waals surface area contributed by atoms with Crippen molar-refractivity contribution in [3.8, 4) is 17.1 Å². The van der Waals surface area contributed by atoms with Gasteiger partial charge in [-0.05, 0) is 24.3 Å². The van der Waals surface area contributed by atoms with Crippen LogP contribution in [-0.4, -0.2) is 22.8 Å². The van der Waals surface area contributed by atoms with Gasteiger partial charge in [-0.2, -0.15) is 0 Å². The van der Waals surface area contributed by atoms with Gasteiger partial charge in [0.1, 0.15) is 17.3 Å². The molecule has 2 aromatic heterocycles. The zero-order valence-corrected chi connectivity index (χ0v) is 12.3. The largest absolute Gasteiger partial charge is 0.495 e. The third kappa shape index (κ3) is 2.10. The van der Waals surface area contributed by atoms with E-state index >= 15 is 0 Å². The van der Waals surface area contributed by atoms with Crippen molar-refractivity contribution in [3.05, 3.63) is 52.8 Å². The number of carbonyl (C=O) groups is 1. The van der Waals surface area contributed by atoms with Gasteiger partial charge in [-0.1, -0.05) is 28.1 Å². The molecule has 5 heteroatoms. The average Bonchev–Trinajstić information content (AvgIpc) is 2.86. The molecule has 2 heterocycles. The topological polar surface area (TPSA) is 43.6 Å². The molecular formula is C15H11BrN2O2. The van der Waals surface area contributed by atoms with E-state index in [0.717, 1.165) is 21.8 Å². The first-order valence-electron chi connectivity index (χ1n) is 6.00. The summed E-state index contributed by atoms with van der Waals surface area (Å²) in [6.07, 6.45) is 2.59. The number of nitrogens with zero attached hydrogens (tertiary/aromatic N) is 2. The number of carbonyl (C=O) groups excluding carboxylic acids is 1. The van der Waals surface area contributed by atoms with Gasteiger partial charge >= 0.3 is 0 Å². The first-order chi connectivity index (χ1) is 9.72. The van der Waals surface area contributed by atoms with Gasteiger partial charge in [0.05, 0.1) is 18.8 Å². The predicted molar refractivity (Wildman–Crippen MR) is 80.3 cm³/mol. The highest BCUT2D eigenvalue weighted by molar-refractivity contribution is 9.10. The zero-order valence-electron chi connectivity index (χ0n) is 10.7. The Morgan fingerprint density at radius 2 is 1.95 bits per heavy atom. The Morgan fingerprint density at radius 3 is 2.60 bits per heavy atom. The lowest BCUT2D eigenvalue weighted by atomic mass is 10.2. The van der Waals surface area contributed by atoms with Crippen molar-refractivity contribution in [2.45, 2.75) is 0 Å². The summed E-state index contributed by atoms with van der Waals surface area (Å²) < 4.78 is 8.09. The number of hydrogen-bond donors (Lipinski definition) is 0. The smallest absolute Gasteiger partial charge is 0.170 e. The highest BCUT2D eigenvalue weighted by Crippen LogP contribution is 2.25. The van der Waals surface area contributed by atoms with E-state index in [-0.39, 0.29) is 0 Å². The van der Waals surface area contributed by atoms with Crippen molar-refractivity contribution in [3.63, 3.8) is 0 Å². The summed E-state index contributed by atoms with van der Waals surface area (Å²) in [5.41, 5.74) is 2.12. The Morgan fingerprint density at radius 1 is 1.20 bits per heavy atom. The Balaban J connectivity index is 2.28. The minimum absolute atomic E-state index is 0.422. The Kier molecular flexibility index (Phi) is 3.28. The number of rotatable bonds is 3. The van der Waals surface area contributed by atoms with Gasteiger partial charge in [0.25, 0.3) is 0 Å². The van der Waals surface area contributed by atoms with Crippen LogP contribution in [0.3, 0.4) is 0 Å². The second-order valence-corrected chi connectivity index (χ2v) is 5.19. The van der Waals surface area contributed by atoms with Gasteiger partial charge in [0, 0.05) is 10.0 Å². The van der Waals surface area contributed by atoms with Crippen LogP contribution < -0.4 is 4.74 Å². The van der Waals surface area contributed by atoms with Gasteiger partial charge < -0.3 is 4.74 Å². The van der Waals surface area contributed by atoms with Crippen molar-refractivity contribution < 1.29 is 9.53 Å². The molecule has 0 saturated carbocycles. The van der Waals surface area contributed by atoms with Crippen molar-refractivity contribution in [1.29, 1.82) is 0 Å². The normalized spacial score (nSPS) is 10.7. The van der Waals surface area contributed by atoms with Crippen molar-refractivity contribution >= 4 is 27.7 Å². The maximum absolute atomic E-state index is 11.2. The average molecular weight is 331 g/mol. The first-order valence-corrected chi connectivity index (χ1v) is 6.79. The number of benzene rings is 1. The first kappa shape index (κ1) is 12.9. The molecule has 0 amide bonds. The number of pyridine rings is 1. The van der Waals surface area contributed by atoms with Crippen molar-refractivity contribution in [2.24, 2.45) is 0 Å². The Labute approximate surface area is 124 Å². The van der Waals surface area contributed by atoms with E-state index in [2.05, 4.69) is 20.9 Å². The van der Waals surface area contributed by atoms with Crippen LogP contribution in [0, 0.1) is 0 Å². The highest BCUT2D eigenvalue weighted by atomic mass is 79.9. The van der Waals surface area contributed by atoms with Crippen LogP contribution in [-0.2, 0) is 0 Å². The molecule has 3 rings (SSSR count). The molecule has 100 valence electrons.